The summed E-state index contributed by atoms with van der Waals surface area (Å²) < 4.78 is 5.19. The zero-order valence-corrected chi connectivity index (χ0v) is 9.22. The van der Waals surface area contributed by atoms with Gasteiger partial charge in [0.2, 0.25) is 11.9 Å². The van der Waals surface area contributed by atoms with Crippen molar-refractivity contribution in [1.82, 2.24) is 9.97 Å². The minimum atomic E-state index is -0.519. The fourth-order valence-corrected chi connectivity index (χ4v) is 1.63. The van der Waals surface area contributed by atoms with Gasteiger partial charge in [-0.15, -0.1) is 0 Å². The molecule has 1 aliphatic heterocycles. The van der Waals surface area contributed by atoms with Gasteiger partial charge in [0.05, 0.1) is 30.6 Å². The normalized spacial score (nSPS) is 20.8. The predicted molar refractivity (Wildman–Crippen MR) is 58.2 cm³/mol. The second-order valence-corrected chi connectivity index (χ2v) is 3.82. The summed E-state index contributed by atoms with van der Waals surface area (Å²) in [5, 5.41) is 0.452. The number of hydrogen-bond acceptors (Lipinski definition) is 5. The van der Waals surface area contributed by atoms with Crippen LogP contribution in [0.1, 0.15) is 0 Å². The molecule has 16 heavy (non-hydrogen) atoms. The van der Waals surface area contributed by atoms with Crippen molar-refractivity contribution in [2.45, 2.75) is 6.04 Å². The molecule has 0 saturated carbocycles. The Morgan fingerprint density at radius 1 is 1.56 bits per heavy atom. The van der Waals surface area contributed by atoms with Crippen LogP contribution in [0.5, 0.6) is 0 Å². The molecule has 1 aromatic heterocycles. The van der Waals surface area contributed by atoms with Gasteiger partial charge in [-0.3, -0.25) is 4.79 Å². The minimum Gasteiger partial charge on any atom is -0.377 e. The van der Waals surface area contributed by atoms with E-state index in [2.05, 4.69) is 9.97 Å². The number of carbonyl (C=O) groups excluding carboxylic acids is 1. The standard InChI is InChI=1S/C9H11ClN4O2/c10-6-3-12-9(13-4-6)14-1-2-16-5-7(14)8(11)15/h3-4,7H,1-2,5H2,(H2,11,15). The lowest BCUT2D eigenvalue weighted by Crippen LogP contribution is -2.53. The maximum absolute atomic E-state index is 11.2. The molecule has 2 heterocycles. The number of rotatable bonds is 2. The number of nitrogens with zero attached hydrogens (tertiary/aromatic N) is 3. The third-order valence-electron chi connectivity index (χ3n) is 2.32. The molecule has 1 fully saturated rings. The maximum Gasteiger partial charge on any atom is 0.242 e. The highest BCUT2D eigenvalue weighted by molar-refractivity contribution is 6.30. The average molecular weight is 243 g/mol. The van der Waals surface area contributed by atoms with Crippen molar-refractivity contribution in [3.05, 3.63) is 17.4 Å². The highest BCUT2D eigenvalue weighted by Crippen LogP contribution is 2.15. The van der Waals surface area contributed by atoms with E-state index in [9.17, 15) is 4.79 Å². The lowest BCUT2D eigenvalue weighted by Gasteiger charge is -2.33. The zero-order valence-electron chi connectivity index (χ0n) is 8.47. The number of ether oxygens (including phenoxy) is 1. The Balaban J connectivity index is 2.23. The van der Waals surface area contributed by atoms with Gasteiger partial charge in [0.15, 0.2) is 0 Å². The third-order valence-corrected chi connectivity index (χ3v) is 2.52. The van der Waals surface area contributed by atoms with Crippen molar-refractivity contribution in [1.29, 1.82) is 0 Å². The smallest absolute Gasteiger partial charge is 0.242 e. The molecule has 0 spiro atoms. The minimum absolute atomic E-state index is 0.265. The molecule has 1 saturated heterocycles. The van der Waals surface area contributed by atoms with Crippen molar-refractivity contribution >= 4 is 23.5 Å². The lowest BCUT2D eigenvalue weighted by atomic mass is 10.2. The van der Waals surface area contributed by atoms with Gasteiger partial charge in [-0.2, -0.15) is 0 Å². The molecule has 0 bridgehead atoms. The number of carbonyl (C=O) groups is 1. The van der Waals surface area contributed by atoms with Crippen LogP contribution < -0.4 is 10.6 Å². The molecule has 7 heteroatoms. The largest absolute Gasteiger partial charge is 0.377 e. The lowest BCUT2D eigenvalue weighted by molar-refractivity contribution is -0.121. The molecule has 0 radical (unpaired) electrons. The van der Waals surface area contributed by atoms with Crippen LogP contribution in [0.15, 0.2) is 12.4 Å². The van der Waals surface area contributed by atoms with E-state index in [0.717, 1.165) is 0 Å². The van der Waals surface area contributed by atoms with Crippen LogP contribution in [0.4, 0.5) is 5.95 Å². The number of halogens is 1. The first-order valence-electron chi connectivity index (χ1n) is 4.80. The van der Waals surface area contributed by atoms with Gasteiger partial charge in [-0.25, -0.2) is 9.97 Å². The number of amides is 1. The van der Waals surface area contributed by atoms with E-state index >= 15 is 0 Å². The van der Waals surface area contributed by atoms with E-state index in [1.807, 2.05) is 0 Å². The molecule has 0 aliphatic carbocycles. The van der Waals surface area contributed by atoms with Crippen molar-refractivity contribution in [2.24, 2.45) is 5.73 Å². The van der Waals surface area contributed by atoms with Crippen LogP contribution in [0, 0.1) is 0 Å². The quantitative estimate of drug-likeness (QED) is 0.778. The summed E-state index contributed by atoms with van der Waals surface area (Å²) in [7, 11) is 0. The molecule has 86 valence electrons. The van der Waals surface area contributed by atoms with Crippen LogP contribution in [-0.4, -0.2) is 41.7 Å². The second-order valence-electron chi connectivity index (χ2n) is 3.39. The van der Waals surface area contributed by atoms with Gasteiger partial charge in [0.25, 0.3) is 0 Å². The van der Waals surface area contributed by atoms with Gasteiger partial charge in [0.1, 0.15) is 6.04 Å². The molecular formula is C9H11ClN4O2. The van der Waals surface area contributed by atoms with E-state index in [0.29, 0.717) is 24.1 Å². The Morgan fingerprint density at radius 3 is 2.88 bits per heavy atom. The first-order chi connectivity index (χ1) is 7.68. The van der Waals surface area contributed by atoms with Crippen LogP contribution in [0.25, 0.3) is 0 Å². The second kappa shape index (κ2) is 4.63. The average Bonchev–Trinajstić information content (AvgIpc) is 2.30. The number of primary amides is 1. The van der Waals surface area contributed by atoms with E-state index in [-0.39, 0.29) is 6.61 Å². The molecule has 0 aromatic carbocycles. The fourth-order valence-electron chi connectivity index (χ4n) is 1.53. The summed E-state index contributed by atoms with van der Waals surface area (Å²) in [6.07, 6.45) is 2.97. The molecule has 1 unspecified atom stereocenters. The van der Waals surface area contributed by atoms with E-state index in [1.165, 1.54) is 12.4 Å². The Hall–Kier alpha value is -1.40. The SMILES string of the molecule is NC(=O)C1COCCN1c1ncc(Cl)cn1. The van der Waals surface area contributed by atoms with E-state index < -0.39 is 11.9 Å². The zero-order chi connectivity index (χ0) is 11.5. The summed E-state index contributed by atoms with van der Waals surface area (Å²) in [6, 6.07) is -0.519. The van der Waals surface area contributed by atoms with Gasteiger partial charge in [0, 0.05) is 6.54 Å². The van der Waals surface area contributed by atoms with Crippen molar-refractivity contribution in [3.8, 4) is 0 Å². The van der Waals surface area contributed by atoms with Crippen LogP contribution in [0.3, 0.4) is 0 Å². The van der Waals surface area contributed by atoms with Gasteiger partial charge in [-0.1, -0.05) is 11.6 Å². The summed E-state index contributed by atoms with van der Waals surface area (Å²) in [4.78, 5) is 21.1. The summed E-state index contributed by atoms with van der Waals surface area (Å²) in [5.74, 6) is -0.00486. The number of morpholine rings is 1. The van der Waals surface area contributed by atoms with Crippen LogP contribution >= 0.6 is 11.6 Å². The Labute approximate surface area is 97.4 Å². The topological polar surface area (TPSA) is 81.3 Å². The molecule has 1 aliphatic rings. The van der Waals surface area contributed by atoms with Gasteiger partial charge >= 0.3 is 0 Å². The van der Waals surface area contributed by atoms with Crippen molar-refractivity contribution < 1.29 is 9.53 Å². The highest BCUT2D eigenvalue weighted by atomic mass is 35.5. The molecule has 1 amide bonds. The van der Waals surface area contributed by atoms with E-state index in [1.54, 1.807) is 4.90 Å². The molecular weight excluding hydrogens is 232 g/mol. The van der Waals surface area contributed by atoms with Crippen molar-refractivity contribution in [3.63, 3.8) is 0 Å². The molecule has 2 rings (SSSR count). The maximum atomic E-state index is 11.2. The third kappa shape index (κ3) is 2.23. The Kier molecular flexibility index (Phi) is 3.21. The van der Waals surface area contributed by atoms with Gasteiger partial charge in [-0.05, 0) is 0 Å². The Morgan fingerprint density at radius 2 is 2.25 bits per heavy atom. The highest BCUT2D eigenvalue weighted by Gasteiger charge is 2.29. The summed E-state index contributed by atoms with van der Waals surface area (Å²) in [6.45, 7) is 1.33. The Bertz CT molecular complexity index is 384. The summed E-state index contributed by atoms with van der Waals surface area (Å²) >= 11 is 5.69. The van der Waals surface area contributed by atoms with Crippen LogP contribution in [-0.2, 0) is 9.53 Å². The van der Waals surface area contributed by atoms with Gasteiger partial charge < -0.3 is 15.4 Å². The monoisotopic (exact) mass is 242 g/mol. The number of anilines is 1. The number of nitrogens with two attached hydrogens (primary N) is 1. The first kappa shape index (κ1) is 11.1. The molecule has 6 nitrogen and oxygen atoms in total. The molecule has 1 aromatic rings. The van der Waals surface area contributed by atoms with Crippen molar-refractivity contribution in [2.75, 3.05) is 24.7 Å². The molecule has 2 N–H and O–H groups in total. The number of aromatic nitrogens is 2. The molecule has 1 atom stereocenters. The van der Waals surface area contributed by atoms with Crippen LogP contribution in [0.2, 0.25) is 5.02 Å². The predicted octanol–water partition coefficient (Wildman–Crippen LogP) is -0.180. The van der Waals surface area contributed by atoms with E-state index in [4.69, 9.17) is 22.1 Å². The summed E-state index contributed by atoms with van der Waals surface area (Å²) in [5.41, 5.74) is 5.28. The fraction of sp³-hybridized carbons (Fsp3) is 0.444. The number of hydrogen-bond donors (Lipinski definition) is 1. The first-order valence-corrected chi connectivity index (χ1v) is 5.17.